The quantitative estimate of drug-likeness (QED) is 0.913. The predicted molar refractivity (Wildman–Crippen MR) is 69.8 cm³/mol. The minimum absolute atomic E-state index is 0.199. The van der Waals surface area contributed by atoms with E-state index in [-0.39, 0.29) is 5.82 Å². The van der Waals surface area contributed by atoms with Gasteiger partial charge in [0.1, 0.15) is 0 Å². The molecule has 1 aromatic carbocycles. The Kier molecular flexibility index (Phi) is 3.92. The first kappa shape index (κ1) is 12.8. The van der Waals surface area contributed by atoms with Crippen LogP contribution in [0, 0.1) is 0 Å². The van der Waals surface area contributed by atoms with E-state index in [4.69, 9.17) is 4.74 Å². The highest BCUT2D eigenvalue weighted by atomic mass is 16.5. The summed E-state index contributed by atoms with van der Waals surface area (Å²) in [6, 6.07) is 8.69. The van der Waals surface area contributed by atoms with Crippen LogP contribution in [0.1, 0.15) is 6.92 Å². The molecular formula is C13H13N3O3. The molecule has 6 heteroatoms. The molecule has 19 heavy (non-hydrogen) atoms. The molecular weight excluding hydrogens is 246 g/mol. The van der Waals surface area contributed by atoms with Crippen LogP contribution in [-0.2, 0) is 0 Å². The molecule has 0 atom stereocenters. The van der Waals surface area contributed by atoms with E-state index in [1.165, 1.54) is 12.4 Å². The minimum atomic E-state index is -1.13. The summed E-state index contributed by atoms with van der Waals surface area (Å²) in [5.74, 6) is 0.492. The Morgan fingerprint density at radius 3 is 2.68 bits per heavy atom. The van der Waals surface area contributed by atoms with Crippen LogP contribution < -0.4 is 9.64 Å². The van der Waals surface area contributed by atoms with Crippen LogP contribution in [0.4, 0.5) is 16.3 Å². The Balaban J connectivity index is 2.40. The van der Waals surface area contributed by atoms with E-state index in [9.17, 15) is 9.90 Å². The molecule has 0 unspecified atom stereocenters. The molecule has 0 radical (unpaired) electrons. The average molecular weight is 259 g/mol. The maximum absolute atomic E-state index is 11.4. The monoisotopic (exact) mass is 259 g/mol. The van der Waals surface area contributed by atoms with Gasteiger partial charge in [-0.15, -0.1) is 0 Å². The zero-order chi connectivity index (χ0) is 13.7. The largest absolute Gasteiger partial charge is 0.477 e. The van der Waals surface area contributed by atoms with Crippen molar-refractivity contribution in [1.82, 2.24) is 9.97 Å². The fraction of sp³-hybridized carbons (Fsp3) is 0.154. The van der Waals surface area contributed by atoms with E-state index in [2.05, 4.69) is 9.97 Å². The maximum atomic E-state index is 11.4. The van der Waals surface area contributed by atoms with Crippen molar-refractivity contribution in [2.24, 2.45) is 0 Å². The van der Waals surface area contributed by atoms with E-state index >= 15 is 0 Å². The van der Waals surface area contributed by atoms with Gasteiger partial charge in [0.05, 0.1) is 24.7 Å². The number of para-hydroxylation sites is 1. The Hall–Kier alpha value is -2.63. The van der Waals surface area contributed by atoms with E-state index in [1.54, 1.807) is 24.3 Å². The SMILES string of the molecule is CCOc1cncc(N(C(=O)O)c2ccccc2)n1. The summed E-state index contributed by atoms with van der Waals surface area (Å²) in [7, 11) is 0. The third kappa shape index (κ3) is 2.98. The van der Waals surface area contributed by atoms with Gasteiger partial charge in [0, 0.05) is 0 Å². The molecule has 0 spiro atoms. The molecule has 1 heterocycles. The summed E-state index contributed by atoms with van der Waals surface area (Å²) in [5.41, 5.74) is 0.498. The number of carbonyl (C=O) groups is 1. The van der Waals surface area contributed by atoms with Crippen molar-refractivity contribution >= 4 is 17.6 Å². The van der Waals surface area contributed by atoms with Crippen LogP contribution in [0.2, 0.25) is 0 Å². The lowest BCUT2D eigenvalue weighted by Crippen LogP contribution is -2.24. The number of aromatic nitrogens is 2. The Labute approximate surface area is 110 Å². The lowest BCUT2D eigenvalue weighted by molar-refractivity contribution is 0.204. The minimum Gasteiger partial charge on any atom is -0.477 e. The molecule has 0 aliphatic carbocycles. The van der Waals surface area contributed by atoms with Gasteiger partial charge < -0.3 is 9.84 Å². The van der Waals surface area contributed by atoms with Gasteiger partial charge in [0.2, 0.25) is 5.88 Å². The number of hydrogen-bond acceptors (Lipinski definition) is 4. The second-order valence-corrected chi connectivity index (χ2v) is 3.60. The molecule has 0 fully saturated rings. The summed E-state index contributed by atoms with van der Waals surface area (Å²) in [4.78, 5) is 20.5. The molecule has 0 aliphatic heterocycles. The fourth-order valence-corrected chi connectivity index (χ4v) is 1.58. The van der Waals surface area contributed by atoms with E-state index in [0.717, 1.165) is 4.90 Å². The Morgan fingerprint density at radius 1 is 1.32 bits per heavy atom. The first-order valence-corrected chi connectivity index (χ1v) is 5.75. The van der Waals surface area contributed by atoms with Crippen LogP contribution in [0.25, 0.3) is 0 Å². The lowest BCUT2D eigenvalue weighted by Gasteiger charge is -2.18. The summed E-state index contributed by atoms with van der Waals surface area (Å²) in [6.07, 6.45) is 1.69. The van der Waals surface area contributed by atoms with Crippen molar-refractivity contribution in [1.29, 1.82) is 0 Å². The molecule has 0 bridgehead atoms. The van der Waals surface area contributed by atoms with Gasteiger partial charge in [-0.25, -0.2) is 9.69 Å². The van der Waals surface area contributed by atoms with Crippen molar-refractivity contribution < 1.29 is 14.6 Å². The van der Waals surface area contributed by atoms with Crippen molar-refractivity contribution in [3.8, 4) is 5.88 Å². The Bertz CT molecular complexity index is 560. The fourth-order valence-electron chi connectivity index (χ4n) is 1.58. The number of nitrogens with zero attached hydrogens (tertiary/aromatic N) is 3. The maximum Gasteiger partial charge on any atom is 0.417 e. The van der Waals surface area contributed by atoms with Gasteiger partial charge in [-0.2, -0.15) is 4.98 Å². The number of hydrogen-bond donors (Lipinski definition) is 1. The topological polar surface area (TPSA) is 75.5 Å². The molecule has 1 aromatic heterocycles. The average Bonchev–Trinajstić information content (AvgIpc) is 2.40. The highest BCUT2D eigenvalue weighted by Gasteiger charge is 2.18. The number of carboxylic acid groups (broad SMARTS) is 1. The van der Waals surface area contributed by atoms with Crippen LogP contribution in [0.5, 0.6) is 5.88 Å². The third-order valence-electron chi connectivity index (χ3n) is 2.33. The van der Waals surface area contributed by atoms with Crippen LogP contribution >= 0.6 is 0 Å². The van der Waals surface area contributed by atoms with Gasteiger partial charge in [-0.05, 0) is 19.1 Å². The second kappa shape index (κ2) is 5.81. The first-order valence-electron chi connectivity index (χ1n) is 5.75. The number of ether oxygens (including phenoxy) is 1. The number of amides is 1. The van der Waals surface area contributed by atoms with Crippen LogP contribution in [0.3, 0.4) is 0 Å². The van der Waals surface area contributed by atoms with Gasteiger partial charge in [0.25, 0.3) is 0 Å². The molecule has 2 aromatic rings. The molecule has 6 nitrogen and oxygen atoms in total. The standard InChI is InChI=1S/C13H13N3O3/c1-2-19-12-9-14-8-11(15-12)16(13(17)18)10-6-4-3-5-7-10/h3-9H,2H2,1H3,(H,17,18). The second-order valence-electron chi connectivity index (χ2n) is 3.60. The van der Waals surface area contributed by atoms with E-state index < -0.39 is 6.09 Å². The number of anilines is 2. The summed E-state index contributed by atoms with van der Waals surface area (Å²) < 4.78 is 5.22. The summed E-state index contributed by atoms with van der Waals surface area (Å²) in [5, 5.41) is 9.32. The molecule has 0 saturated heterocycles. The van der Waals surface area contributed by atoms with Crippen LogP contribution in [-0.4, -0.2) is 27.8 Å². The summed E-state index contributed by atoms with van der Waals surface area (Å²) >= 11 is 0. The van der Waals surface area contributed by atoms with E-state index in [0.29, 0.717) is 18.2 Å². The van der Waals surface area contributed by atoms with Crippen LogP contribution in [0.15, 0.2) is 42.7 Å². The van der Waals surface area contributed by atoms with Gasteiger partial charge in [0.15, 0.2) is 5.82 Å². The van der Waals surface area contributed by atoms with Gasteiger partial charge >= 0.3 is 6.09 Å². The van der Waals surface area contributed by atoms with Gasteiger partial charge in [-0.3, -0.25) is 4.98 Å². The van der Waals surface area contributed by atoms with Crippen molar-refractivity contribution in [2.45, 2.75) is 6.92 Å². The molecule has 0 saturated carbocycles. The van der Waals surface area contributed by atoms with Crippen molar-refractivity contribution in [2.75, 3.05) is 11.5 Å². The Morgan fingerprint density at radius 2 is 2.05 bits per heavy atom. The van der Waals surface area contributed by atoms with Crippen molar-refractivity contribution in [3.05, 3.63) is 42.7 Å². The number of benzene rings is 1. The molecule has 98 valence electrons. The highest BCUT2D eigenvalue weighted by Crippen LogP contribution is 2.24. The highest BCUT2D eigenvalue weighted by molar-refractivity contribution is 5.93. The normalized spacial score (nSPS) is 9.95. The summed E-state index contributed by atoms with van der Waals surface area (Å²) in [6.45, 7) is 2.26. The van der Waals surface area contributed by atoms with Gasteiger partial charge in [-0.1, -0.05) is 18.2 Å². The molecule has 1 N–H and O–H groups in total. The van der Waals surface area contributed by atoms with E-state index in [1.807, 2.05) is 13.0 Å². The first-order chi connectivity index (χ1) is 9.22. The van der Waals surface area contributed by atoms with Crippen molar-refractivity contribution in [3.63, 3.8) is 0 Å². The predicted octanol–water partition coefficient (Wildman–Crippen LogP) is 2.69. The molecule has 2 rings (SSSR count). The zero-order valence-corrected chi connectivity index (χ0v) is 10.4. The number of rotatable bonds is 4. The lowest BCUT2D eigenvalue weighted by atomic mass is 10.3. The third-order valence-corrected chi connectivity index (χ3v) is 2.33. The molecule has 1 amide bonds. The zero-order valence-electron chi connectivity index (χ0n) is 10.4. The molecule has 0 aliphatic rings. The smallest absolute Gasteiger partial charge is 0.417 e.